The number of nitrogens with zero attached hydrogens (tertiary/aromatic N) is 2. The molecule has 15 nitrogen and oxygen atoms in total. The van der Waals surface area contributed by atoms with Gasteiger partial charge in [0.2, 0.25) is 0 Å². The summed E-state index contributed by atoms with van der Waals surface area (Å²) in [5.41, 5.74) is 1.12. The van der Waals surface area contributed by atoms with E-state index in [4.69, 9.17) is 37.9 Å². The molecule has 8 atom stereocenters. The van der Waals surface area contributed by atoms with Crippen LogP contribution in [0.25, 0.3) is 0 Å². The molecular formula is C37H46N2O13. The number of ether oxygens (including phenoxy) is 8. The molecule has 0 amide bonds. The second-order valence-corrected chi connectivity index (χ2v) is 12.6. The fourth-order valence-electron chi connectivity index (χ4n) is 6.08. The molecule has 0 saturated carbocycles. The van der Waals surface area contributed by atoms with Crippen molar-refractivity contribution in [2.24, 2.45) is 11.8 Å². The van der Waals surface area contributed by atoms with Crippen LogP contribution in [0.1, 0.15) is 54.4 Å². The first-order chi connectivity index (χ1) is 24.7. The van der Waals surface area contributed by atoms with Crippen LogP contribution in [-0.4, -0.2) is 103 Å². The molecule has 282 valence electrons. The number of rotatable bonds is 13. The van der Waals surface area contributed by atoms with Crippen LogP contribution in [0.15, 0.2) is 60.4 Å². The Kier molecular flexibility index (Phi) is 14.1. The van der Waals surface area contributed by atoms with Gasteiger partial charge in [-0.1, -0.05) is 44.4 Å². The molecule has 2 saturated heterocycles. The molecule has 0 unspecified atom stereocenters. The molecule has 0 radical (unpaired) electrons. The zero-order valence-electron chi connectivity index (χ0n) is 30.2. The second-order valence-electron chi connectivity index (χ2n) is 12.6. The van der Waals surface area contributed by atoms with Crippen LogP contribution in [-0.2, 0) is 61.9 Å². The van der Waals surface area contributed by atoms with E-state index in [9.17, 15) is 24.0 Å². The third-order valence-electron chi connectivity index (χ3n) is 8.62. The van der Waals surface area contributed by atoms with Crippen LogP contribution < -0.4 is 0 Å². The van der Waals surface area contributed by atoms with Crippen LogP contribution in [0.4, 0.5) is 0 Å². The summed E-state index contributed by atoms with van der Waals surface area (Å²) >= 11 is 0. The van der Waals surface area contributed by atoms with E-state index in [0.717, 1.165) is 5.57 Å². The lowest BCUT2D eigenvalue weighted by Gasteiger charge is -2.31. The molecule has 52 heavy (non-hydrogen) atoms. The standard InChI is InChI=1S/C37H46N2O13/c1-22-31(20-47-25(4)40)51-36(34(22)50-28(7)43)39-15-10-12-29(18-39)24(3)45-16-8-9-17-46-37(44)30-13-11-14-38(19-30)35-23(2)33(49-27(6)42)32(52-35)21-48-26(5)41/h10-11,14-15,18-19,22-23,31-36H,3,12-13,16-17,20-21H2,1-2,4-7H3/t22-,23-,31-,32-,33+,34-,35-,36-/m1/s1. The summed E-state index contributed by atoms with van der Waals surface area (Å²) in [6.07, 6.45) is 7.84. The highest BCUT2D eigenvalue weighted by atomic mass is 16.6. The summed E-state index contributed by atoms with van der Waals surface area (Å²) in [5.74, 6) is 2.99. The Morgan fingerprint density at radius 2 is 1.21 bits per heavy atom. The number of allylic oxidation sites excluding steroid dienone is 3. The minimum atomic E-state index is -0.678. The van der Waals surface area contributed by atoms with Gasteiger partial charge < -0.3 is 47.7 Å². The fourth-order valence-corrected chi connectivity index (χ4v) is 6.08. The van der Waals surface area contributed by atoms with Gasteiger partial charge in [-0.15, -0.1) is 0 Å². The Bertz CT molecular complexity index is 1570. The van der Waals surface area contributed by atoms with E-state index in [1.54, 1.807) is 34.5 Å². The summed E-state index contributed by atoms with van der Waals surface area (Å²) in [4.78, 5) is 62.6. The van der Waals surface area contributed by atoms with Gasteiger partial charge >= 0.3 is 29.8 Å². The first-order valence-electron chi connectivity index (χ1n) is 16.9. The van der Waals surface area contributed by atoms with Gasteiger partial charge in [0.25, 0.3) is 0 Å². The second kappa shape index (κ2) is 18.4. The lowest BCUT2D eigenvalue weighted by Crippen LogP contribution is -2.40. The van der Waals surface area contributed by atoms with Crippen LogP contribution in [0.3, 0.4) is 0 Å². The van der Waals surface area contributed by atoms with Gasteiger partial charge in [-0.25, -0.2) is 4.79 Å². The molecule has 4 heterocycles. The molecule has 15 heteroatoms. The minimum absolute atomic E-state index is 0.0109. The minimum Gasteiger partial charge on any atom is -0.481 e. The van der Waals surface area contributed by atoms with E-state index in [2.05, 4.69) is 18.4 Å². The molecule has 0 aliphatic carbocycles. The number of hydrogen-bond acceptors (Lipinski definition) is 15. The zero-order valence-corrected chi connectivity index (χ0v) is 30.2. The first kappa shape index (κ1) is 39.7. The Morgan fingerprint density at radius 3 is 1.83 bits per heavy atom. The van der Waals surface area contributed by atoms with Gasteiger partial charge in [0.15, 0.2) is 18.9 Å². The van der Waals surface area contributed by atoms with Crippen LogP contribution in [0, 0.1) is 23.7 Å². The Morgan fingerprint density at radius 1 is 0.692 bits per heavy atom. The third-order valence-corrected chi connectivity index (χ3v) is 8.62. The molecule has 0 bridgehead atoms. The molecular weight excluding hydrogens is 680 g/mol. The topological polar surface area (TPSA) is 166 Å². The van der Waals surface area contributed by atoms with Crippen molar-refractivity contribution in [2.75, 3.05) is 26.4 Å². The van der Waals surface area contributed by atoms with Crippen molar-refractivity contribution < 1.29 is 61.9 Å². The largest absolute Gasteiger partial charge is 0.481 e. The van der Waals surface area contributed by atoms with Crippen molar-refractivity contribution in [2.45, 2.75) is 91.3 Å². The third kappa shape index (κ3) is 10.7. The maximum absolute atomic E-state index is 12.9. The summed E-state index contributed by atoms with van der Waals surface area (Å²) in [6, 6.07) is 0. The van der Waals surface area contributed by atoms with Crippen molar-refractivity contribution in [3.8, 4) is 11.8 Å². The maximum atomic E-state index is 12.9. The van der Waals surface area contributed by atoms with Crippen molar-refractivity contribution in [1.82, 2.24) is 9.80 Å². The monoisotopic (exact) mass is 726 g/mol. The summed E-state index contributed by atoms with van der Waals surface area (Å²) in [7, 11) is 0. The fraction of sp³-hybridized carbons (Fsp3) is 0.541. The van der Waals surface area contributed by atoms with Gasteiger partial charge in [-0.2, -0.15) is 0 Å². The number of hydrogen-bond donors (Lipinski definition) is 0. The van der Waals surface area contributed by atoms with Crippen molar-refractivity contribution in [3.63, 3.8) is 0 Å². The quantitative estimate of drug-likeness (QED) is 0.118. The smallest absolute Gasteiger partial charge is 0.336 e. The van der Waals surface area contributed by atoms with E-state index < -0.39 is 66.7 Å². The summed E-state index contributed by atoms with van der Waals surface area (Å²) in [5, 5.41) is 0. The first-order valence-corrected chi connectivity index (χ1v) is 16.9. The lowest BCUT2D eigenvalue weighted by atomic mass is 10.00. The zero-order chi connectivity index (χ0) is 37.9. The van der Waals surface area contributed by atoms with Crippen LogP contribution >= 0.6 is 0 Å². The number of carbonyl (C=O) groups is 5. The normalized spacial score (nSPS) is 27.7. The molecule has 0 N–H and O–H groups in total. The van der Waals surface area contributed by atoms with Gasteiger partial charge in [-0.05, 0) is 6.42 Å². The SMILES string of the molecule is C=C(OCC#CCOC(=O)C1=CN([C@@H]2O[C@H](COC(C)=O)[C@@H](OC(C)=O)[C@H]2C)C=CC1)C1=CN([C@@H]2O[C@H](COC(C)=O)[C@@H](C)[C@H]2OC(C)=O)C=CC1. The van der Waals surface area contributed by atoms with Crippen LogP contribution in [0.2, 0.25) is 0 Å². The molecule has 2 fully saturated rings. The van der Waals surface area contributed by atoms with Crippen LogP contribution in [0.5, 0.6) is 0 Å². The van der Waals surface area contributed by atoms with Gasteiger partial charge in [0.05, 0.1) is 5.57 Å². The molecule has 0 aromatic carbocycles. The van der Waals surface area contributed by atoms with E-state index in [0.29, 0.717) is 24.2 Å². The Balaban J connectivity index is 1.27. The molecule has 4 aliphatic rings. The van der Waals surface area contributed by atoms with Gasteiger partial charge in [-0.3, -0.25) is 19.2 Å². The Hall–Kier alpha value is -5.07. The van der Waals surface area contributed by atoms with E-state index in [-0.39, 0.29) is 38.3 Å². The predicted octanol–water partition coefficient (Wildman–Crippen LogP) is 2.98. The van der Waals surface area contributed by atoms with E-state index >= 15 is 0 Å². The highest BCUT2D eigenvalue weighted by molar-refractivity contribution is 5.89. The maximum Gasteiger partial charge on any atom is 0.336 e. The molecule has 0 aromatic rings. The highest BCUT2D eigenvalue weighted by Crippen LogP contribution is 2.35. The van der Waals surface area contributed by atoms with Gasteiger partial charge in [0, 0.05) is 76.3 Å². The van der Waals surface area contributed by atoms with Crippen molar-refractivity contribution in [3.05, 3.63) is 60.4 Å². The molecule has 0 spiro atoms. The van der Waals surface area contributed by atoms with Crippen molar-refractivity contribution in [1.29, 1.82) is 0 Å². The predicted molar refractivity (Wildman–Crippen MR) is 181 cm³/mol. The molecule has 4 rings (SSSR count). The van der Waals surface area contributed by atoms with E-state index in [1.165, 1.54) is 27.7 Å². The number of carbonyl (C=O) groups excluding carboxylic acids is 5. The van der Waals surface area contributed by atoms with E-state index in [1.807, 2.05) is 26.1 Å². The molecule has 4 aliphatic heterocycles. The Labute approximate surface area is 303 Å². The number of esters is 5. The average Bonchev–Trinajstić information content (AvgIpc) is 3.58. The highest BCUT2D eigenvalue weighted by Gasteiger charge is 2.48. The summed E-state index contributed by atoms with van der Waals surface area (Å²) in [6.45, 7) is 12.7. The average molecular weight is 727 g/mol. The summed E-state index contributed by atoms with van der Waals surface area (Å²) < 4.78 is 44.7. The van der Waals surface area contributed by atoms with Gasteiger partial charge in [0.1, 0.15) is 50.1 Å². The molecule has 0 aromatic heterocycles. The lowest BCUT2D eigenvalue weighted by molar-refractivity contribution is -0.157. The van der Waals surface area contributed by atoms with Crippen molar-refractivity contribution >= 4 is 29.8 Å².